The fraction of sp³-hybridized carbons (Fsp3) is 1.00. The van der Waals surface area contributed by atoms with Crippen LogP contribution in [0.5, 0.6) is 0 Å². The topological polar surface area (TPSA) is 36.9 Å². The highest BCUT2D eigenvalue weighted by Crippen LogP contribution is 2.50. The van der Waals surface area contributed by atoms with Gasteiger partial charge in [-0.2, -0.15) is 52.7 Å². The summed E-state index contributed by atoms with van der Waals surface area (Å²) < 4.78 is 233. The summed E-state index contributed by atoms with van der Waals surface area (Å²) in [4.78, 5) is 0. The van der Waals surface area contributed by atoms with Crippen LogP contribution in [0.3, 0.4) is 0 Å². The molecule has 0 aliphatic carbocycles. The minimum absolute atomic E-state index is 1.54. The van der Waals surface area contributed by atoms with E-state index in [1.807, 2.05) is 0 Å². The van der Waals surface area contributed by atoms with E-state index in [-0.39, 0.29) is 0 Å². The summed E-state index contributed by atoms with van der Waals surface area (Å²) in [7, 11) is 0. The van der Waals surface area contributed by atoms with Crippen LogP contribution in [0, 0.1) is 0 Å². The second-order valence-electron chi connectivity index (χ2n) is 5.36. The third-order valence-corrected chi connectivity index (χ3v) is 2.81. The molecule has 0 unspecified atom stereocenters. The molecule has 0 aromatic rings. The van der Waals surface area contributed by atoms with Crippen molar-refractivity contribution in [2.45, 2.75) is 55.4 Å². The Morgan fingerprint density at radius 2 is 0.606 bits per heavy atom. The van der Waals surface area contributed by atoms with Crippen LogP contribution in [-0.4, -0.2) is 62.2 Å². The van der Waals surface area contributed by atoms with Gasteiger partial charge in [-0.3, -0.25) is 0 Å². The van der Waals surface area contributed by atoms with Gasteiger partial charge in [0.15, 0.2) is 0 Å². The Hall–Kier alpha value is -1.42. The minimum Gasteiger partial charge on any atom is -0.315 e. The van der Waals surface area contributed by atoms with Gasteiger partial charge >= 0.3 is 49.0 Å². The monoisotopic (exact) mass is 544 g/mol. The molecule has 0 aliphatic heterocycles. The molecule has 4 nitrogen and oxygen atoms in total. The molecule has 0 bridgehead atoms. The molecule has 0 rings (SSSR count). The summed E-state index contributed by atoms with van der Waals surface area (Å²) in [6, 6.07) is 0. The van der Waals surface area contributed by atoms with Gasteiger partial charge in [-0.05, 0) is 6.42 Å². The normalized spacial score (nSPS) is 15.8. The summed E-state index contributed by atoms with van der Waals surface area (Å²) in [5, 5.41) is 0. The first-order chi connectivity index (χ1) is 14.1. The molecule has 200 valence electrons. The number of halogens is 18. The number of hydrogen-bond acceptors (Lipinski definition) is 4. The standard InChI is InChI=1S/C11H6F18O4/c12-4(13,8(20,21)32-10(24,25)26)6(16,17)30-2-1-3-31-7(18,19)5(14,15)9(22,23)33-11(27,28)29/h1-3H2. The van der Waals surface area contributed by atoms with Crippen LogP contribution < -0.4 is 0 Å². The lowest BCUT2D eigenvalue weighted by Gasteiger charge is -2.32. The lowest BCUT2D eigenvalue weighted by molar-refractivity contribution is -0.508. The Balaban J connectivity index is 5.06. The Labute approximate surface area is 168 Å². The number of ether oxygens (including phenoxy) is 4. The Bertz CT molecular complexity index is 584. The van der Waals surface area contributed by atoms with E-state index in [4.69, 9.17) is 0 Å². The second kappa shape index (κ2) is 9.32. The van der Waals surface area contributed by atoms with Crippen LogP contribution >= 0.6 is 0 Å². The molecular formula is C11H6F18O4. The van der Waals surface area contributed by atoms with Crippen molar-refractivity contribution < 1.29 is 98.0 Å². The van der Waals surface area contributed by atoms with Crippen LogP contribution in [0.15, 0.2) is 0 Å². The molecule has 0 spiro atoms. The molecule has 33 heavy (non-hydrogen) atoms. The molecule has 0 saturated carbocycles. The van der Waals surface area contributed by atoms with E-state index >= 15 is 0 Å². The molecule has 0 aliphatic rings. The highest BCUT2D eigenvalue weighted by atomic mass is 19.4. The molecule has 0 aromatic carbocycles. The van der Waals surface area contributed by atoms with Gasteiger partial charge in [0.05, 0.1) is 13.2 Å². The summed E-state index contributed by atoms with van der Waals surface area (Å²) in [6.45, 7) is -4.30. The molecule has 0 saturated heterocycles. The molecule has 22 heteroatoms. The van der Waals surface area contributed by atoms with E-state index in [0.717, 1.165) is 0 Å². The van der Waals surface area contributed by atoms with Gasteiger partial charge < -0.3 is 9.47 Å². The number of hydrogen-bond donors (Lipinski definition) is 0. The van der Waals surface area contributed by atoms with Crippen LogP contribution in [-0.2, 0) is 18.9 Å². The highest BCUT2D eigenvalue weighted by molar-refractivity contribution is 4.87. The Morgan fingerprint density at radius 3 is 0.818 bits per heavy atom. The van der Waals surface area contributed by atoms with Gasteiger partial charge in [0.1, 0.15) is 0 Å². The van der Waals surface area contributed by atoms with Gasteiger partial charge in [0.25, 0.3) is 0 Å². The van der Waals surface area contributed by atoms with E-state index in [1.165, 1.54) is 9.47 Å². The first-order valence-electron chi connectivity index (χ1n) is 7.20. The van der Waals surface area contributed by atoms with Crippen LogP contribution in [0.2, 0.25) is 0 Å². The first kappa shape index (κ1) is 31.6. The molecule has 0 heterocycles. The maximum absolute atomic E-state index is 13.0. The summed E-state index contributed by atoms with van der Waals surface area (Å²) in [5.41, 5.74) is 0. The lowest BCUT2D eigenvalue weighted by Crippen LogP contribution is -2.58. The van der Waals surface area contributed by atoms with E-state index < -0.39 is 68.6 Å². The quantitative estimate of drug-likeness (QED) is 0.219. The zero-order valence-electron chi connectivity index (χ0n) is 14.6. The number of rotatable bonds is 12. The zero-order chi connectivity index (χ0) is 26.9. The second-order valence-corrected chi connectivity index (χ2v) is 5.36. The average molecular weight is 544 g/mol. The summed E-state index contributed by atoms with van der Waals surface area (Å²) in [5.74, 6) is -14.1. The third kappa shape index (κ3) is 7.80. The number of alkyl halides is 18. The van der Waals surface area contributed by atoms with Crippen molar-refractivity contribution in [2.24, 2.45) is 0 Å². The van der Waals surface area contributed by atoms with Crippen LogP contribution in [0.25, 0.3) is 0 Å². The van der Waals surface area contributed by atoms with Crippen molar-refractivity contribution in [3.63, 3.8) is 0 Å². The van der Waals surface area contributed by atoms with Gasteiger partial charge in [0.2, 0.25) is 0 Å². The van der Waals surface area contributed by atoms with E-state index in [2.05, 4.69) is 9.47 Å². The van der Waals surface area contributed by atoms with Gasteiger partial charge in [0, 0.05) is 0 Å². The highest BCUT2D eigenvalue weighted by Gasteiger charge is 2.77. The van der Waals surface area contributed by atoms with E-state index in [0.29, 0.717) is 0 Å². The molecule has 0 fully saturated rings. The first-order valence-corrected chi connectivity index (χ1v) is 7.20. The fourth-order valence-electron chi connectivity index (χ4n) is 1.40. The molecule has 0 N–H and O–H groups in total. The van der Waals surface area contributed by atoms with Gasteiger partial charge in [-0.25, -0.2) is 9.47 Å². The SMILES string of the molecule is FC(F)(F)OC(F)(F)C(F)(F)C(F)(F)OCCCOC(F)(F)C(F)(F)C(F)(F)OC(F)(F)F. The summed E-state index contributed by atoms with van der Waals surface area (Å²) in [6.07, 6.45) is -41.8. The largest absolute Gasteiger partial charge is 0.527 e. The molecule has 0 amide bonds. The average Bonchev–Trinajstić information content (AvgIpc) is 2.48. The lowest BCUT2D eigenvalue weighted by atomic mass is 10.3. The van der Waals surface area contributed by atoms with Crippen molar-refractivity contribution in [2.75, 3.05) is 13.2 Å². The maximum Gasteiger partial charge on any atom is 0.527 e. The predicted octanol–water partition coefficient (Wildman–Crippen LogP) is 6.12. The summed E-state index contributed by atoms with van der Waals surface area (Å²) >= 11 is 0. The smallest absolute Gasteiger partial charge is 0.315 e. The van der Waals surface area contributed by atoms with Gasteiger partial charge in [-0.1, -0.05) is 0 Å². The van der Waals surface area contributed by atoms with Gasteiger partial charge in [-0.15, -0.1) is 26.3 Å². The molecular weight excluding hydrogens is 538 g/mol. The van der Waals surface area contributed by atoms with Crippen molar-refractivity contribution in [1.29, 1.82) is 0 Å². The predicted molar refractivity (Wildman–Crippen MR) is 60.5 cm³/mol. The van der Waals surface area contributed by atoms with Crippen LogP contribution in [0.1, 0.15) is 6.42 Å². The third-order valence-electron chi connectivity index (χ3n) is 2.81. The van der Waals surface area contributed by atoms with Crippen molar-refractivity contribution in [3.05, 3.63) is 0 Å². The zero-order valence-corrected chi connectivity index (χ0v) is 14.6. The molecule has 0 aromatic heterocycles. The minimum atomic E-state index is -7.07. The fourth-order valence-corrected chi connectivity index (χ4v) is 1.40. The Morgan fingerprint density at radius 1 is 0.364 bits per heavy atom. The Kier molecular flexibility index (Phi) is 8.92. The van der Waals surface area contributed by atoms with E-state index in [9.17, 15) is 79.0 Å². The molecule has 0 radical (unpaired) electrons. The van der Waals surface area contributed by atoms with Crippen LogP contribution in [0.4, 0.5) is 79.0 Å². The van der Waals surface area contributed by atoms with Crippen molar-refractivity contribution in [3.8, 4) is 0 Å². The maximum atomic E-state index is 13.0. The van der Waals surface area contributed by atoms with Crippen molar-refractivity contribution in [1.82, 2.24) is 0 Å². The van der Waals surface area contributed by atoms with Crippen molar-refractivity contribution >= 4 is 0 Å². The van der Waals surface area contributed by atoms with E-state index in [1.54, 1.807) is 0 Å². The molecule has 0 atom stereocenters.